The number of fused-ring (bicyclic) bond motifs is 1. The summed E-state index contributed by atoms with van der Waals surface area (Å²) in [5, 5.41) is 3.74. The summed E-state index contributed by atoms with van der Waals surface area (Å²) >= 11 is 7.56. The Morgan fingerprint density at radius 3 is 3.04 bits per heavy atom. The molecule has 0 atom stereocenters. The van der Waals surface area contributed by atoms with Gasteiger partial charge in [0, 0.05) is 41.5 Å². The molecule has 26 heavy (non-hydrogen) atoms. The van der Waals surface area contributed by atoms with E-state index in [1.165, 1.54) is 23.7 Å². The number of thiazole rings is 1. The zero-order valence-corrected chi connectivity index (χ0v) is 15.2. The molecule has 1 aliphatic heterocycles. The topological polar surface area (TPSA) is 58.4 Å². The van der Waals surface area contributed by atoms with Crippen LogP contribution in [0, 0.1) is 5.82 Å². The third-order valence-electron chi connectivity index (χ3n) is 4.22. The highest BCUT2D eigenvalue weighted by molar-refractivity contribution is 7.15. The first-order valence-corrected chi connectivity index (χ1v) is 9.28. The molecule has 0 bridgehead atoms. The maximum Gasteiger partial charge on any atom is 0.293 e. The van der Waals surface area contributed by atoms with Crippen molar-refractivity contribution >= 4 is 34.0 Å². The molecule has 134 valence electrons. The van der Waals surface area contributed by atoms with E-state index in [1.54, 1.807) is 24.3 Å². The molecule has 1 N–H and O–H groups in total. The molecule has 3 aromatic rings. The summed E-state index contributed by atoms with van der Waals surface area (Å²) in [6.07, 6.45) is 2.20. The molecule has 1 amide bonds. The molecule has 0 fully saturated rings. The van der Waals surface area contributed by atoms with E-state index in [0.717, 1.165) is 23.5 Å². The van der Waals surface area contributed by atoms with Crippen LogP contribution in [0.2, 0.25) is 5.02 Å². The first-order chi connectivity index (χ1) is 12.6. The first-order valence-electron chi connectivity index (χ1n) is 8.09. The van der Waals surface area contributed by atoms with Crippen molar-refractivity contribution < 1.29 is 13.6 Å². The Morgan fingerprint density at radius 1 is 1.38 bits per heavy atom. The Labute approximate surface area is 158 Å². The van der Waals surface area contributed by atoms with Crippen LogP contribution in [0.1, 0.15) is 26.7 Å². The number of amides is 1. The van der Waals surface area contributed by atoms with Gasteiger partial charge in [-0.25, -0.2) is 9.37 Å². The van der Waals surface area contributed by atoms with E-state index in [-0.39, 0.29) is 17.5 Å². The van der Waals surface area contributed by atoms with Gasteiger partial charge in [0.1, 0.15) is 5.82 Å². The van der Waals surface area contributed by atoms with Gasteiger partial charge in [0.05, 0.1) is 12.0 Å². The maximum atomic E-state index is 14.0. The second-order valence-corrected chi connectivity index (χ2v) is 7.47. The lowest BCUT2D eigenvalue weighted by Gasteiger charge is -2.26. The Bertz CT molecular complexity index is 922. The van der Waals surface area contributed by atoms with E-state index in [9.17, 15) is 9.18 Å². The number of aromatic nitrogens is 1. The van der Waals surface area contributed by atoms with E-state index in [1.807, 2.05) is 0 Å². The molecular weight excluding hydrogens is 377 g/mol. The van der Waals surface area contributed by atoms with E-state index >= 15 is 0 Å². The minimum atomic E-state index is -0.323. The Hall–Kier alpha value is -2.22. The summed E-state index contributed by atoms with van der Waals surface area (Å²) in [6.45, 7) is 1.85. The summed E-state index contributed by atoms with van der Waals surface area (Å²) in [5.74, 6) is -0.371. The molecule has 0 spiro atoms. The number of rotatable bonds is 4. The van der Waals surface area contributed by atoms with Crippen LogP contribution >= 0.6 is 22.9 Å². The van der Waals surface area contributed by atoms with Gasteiger partial charge < -0.3 is 4.42 Å². The fourth-order valence-corrected chi connectivity index (χ4v) is 4.18. The molecule has 5 nitrogen and oxygen atoms in total. The summed E-state index contributed by atoms with van der Waals surface area (Å²) in [6, 6.07) is 7.98. The summed E-state index contributed by atoms with van der Waals surface area (Å²) < 4.78 is 19.1. The molecule has 0 unspecified atom stereocenters. The summed E-state index contributed by atoms with van der Waals surface area (Å²) in [5.41, 5.74) is 1.48. The Kier molecular flexibility index (Phi) is 4.76. The van der Waals surface area contributed by atoms with Crippen molar-refractivity contribution in [2.24, 2.45) is 0 Å². The van der Waals surface area contributed by atoms with Crippen LogP contribution in [0.15, 0.2) is 41.0 Å². The van der Waals surface area contributed by atoms with Gasteiger partial charge in [-0.3, -0.25) is 15.0 Å². The number of benzene rings is 1. The molecule has 2 aromatic heterocycles. The molecule has 0 aliphatic carbocycles. The van der Waals surface area contributed by atoms with E-state index in [4.69, 9.17) is 16.0 Å². The van der Waals surface area contributed by atoms with Gasteiger partial charge in [-0.05, 0) is 24.3 Å². The molecule has 0 radical (unpaired) electrons. The Morgan fingerprint density at radius 2 is 2.27 bits per heavy atom. The lowest BCUT2D eigenvalue weighted by atomic mass is 10.1. The molecule has 3 heterocycles. The number of nitrogens with one attached hydrogen (secondary N) is 1. The molecule has 0 saturated heterocycles. The number of carbonyl (C=O) groups excluding carboxylic acids is 1. The standard InChI is InChI=1S/C18H15ClFN3O2S/c19-12-3-1-4-13(20)11(12)9-23-7-6-14-16(10-23)26-18(21-14)22-17(24)15-5-2-8-25-15/h1-5,8H,6-7,9-10H2,(H,21,22,24). The van der Waals surface area contributed by atoms with Crippen molar-refractivity contribution in [1.82, 2.24) is 9.88 Å². The summed E-state index contributed by atoms with van der Waals surface area (Å²) in [7, 11) is 0. The lowest BCUT2D eigenvalue weighted by Crippen LogP contribution is -2.29. The minimum absolute atomic E-state index is 0.244. The number of nitrogens with zero attached hydrogens (tertiary/aromatic N) is 2. The van der Waals surface area contributed by atoms with Crippen LogP contribution in [0.4, 0.5) is 9.52 Å². The van der Waals surface area contributed by atoms with Gasteiger partial charge in [-0.1, -0.05) is 17.7 Å². The van der Waals surface area contributed by atoms with E-state index < -0.39 is 0 Å². The Balaban J connectivity index is 1.46. The second kappa shape index (κ2) is 7.19. The zero-order valence-electron chi connectivity index (χ0n) is 13.7. The molecule has 1 aromatic carbocycles. The van der Waals surface area contributed by atoms with Gasteiger partial charge in [0.15, 0.2) is 10.9 Å². The number of furan rings is 1. The highest BCUT2D eigenvalue weighted by atomic mass is 35.5. The lowest BCUT2D eigenvalue weighted by molar-refractivity contribution is 0.0996. The van der Waals surface area contributed by atoms with Crippen molar-refractivity contribution in [2.75, 3.05) is 11.9 Å². The molecule has 4 rings (SSSR count). The number of hydrogen-bond donors (Lipinski definition) is 1. The largest absolute Gasteiger partial charge is 0.459 e. The van der Waals surface area contributed by atoms with Crippen molar-refractivity contribution in [3.8, 4) is 0 Å². The predicted octanol–water partition coefficient (Wildman–Crippen LogP) is 4.34. The van der Waals surface area contributed by atoms with Gasteiger partial charge in [0.25, 0.3) is 5.91 Å². The van der Waals surface area contributed by atoms with Gasteiger partial charge in [-0.15, -0.1) is 11.3 Å². The second-order valence-electron chi connectivity index (χ2n) is 5.98. The SMILES string of the molecule is O=C(Nc1nc2c(s1)CN(Cc1c(F)cccc1Cl)CC2)c1ccco1. The molecule has 8 heteroatoms. The predicted molar refractivity (Wildman–Crippen MR) is 98.0 cm³/mol. The van der Waals surface area contributed by atoms with Crippen LogP contribution in [-0.4, -0.2) is 22.3 Å². The zero-order chi connectivity index (χ0) is 18.1. The normalized spacial score (nSPS) is 14.2. The number of carbonyl (C=O) groups is 1. The van der Waals surface area contributed by atoms with Crippen molar-refractivity contribution in [3.63, 3.8) is 0 Å². The van der Waals surface area contributed by atoms with E-state index in [0.29, 0.717) is 28.8 Å². The number of hydrogen-bond acceptors (Lipinski definition) is 5. The average molecular weight is 392 g/mol. The van der Waals surface area contributed by atoms with E-state index in [2.05, 4.69) is 15.2 Å². The quantitative estimate of drug-likeness (QED) is 0.718. The average Bonchev–Trinajstić information content (AvgIpc) is 3.27. The van der Waals surface area contributed by atoms with Crippen LogP contribution in [-0.2, 0) is 19.5 Å². The van der Waals surface area contributed by atoms with Crippen molar-refractivity contribution in [2.45, 2.75) is 19.5 Å². The maximum absolute atomic E-state index is 14.0. The fraction of sp³-hybridized carbons (Fsp3) is 0.222. The molecule has 1 aliphatic rings. The number of halogens is 2. The number of anilines is 1. The van der Waals surface area contributed by atoms with Gasteiger partial charge in [-0.2, -0.15) is 0 Å². The molecular formula is C18H15ClFN3O2S. The van der Waals surface area contributed by atoms with Crippen LogP contribution in [0.25, 0.3) is 0 Å². The third kappa shape index (κ3) is 3.51. The van der Waals surface area contributed by atoms with Gasteiger partial charge >= 0.3 is 0 Å². The fourth-order valence-electron chi connectivity index (χ4n) is 2.91. The van der Waals surface area contributed by atoms with Gasteiger partial charge in [0.2, 0.25) is 0 Å². The van der Waals surface area contributed by atoms with Crippen LogP contribution < -0.4 is 5.32 Å². The first kappa shape index (κ1) is 17.2. The summed E-state index contributed by atoms with van der Waals surface area (Å²) in [4.78, 5) is 19.8. The van der Waals surface area contributed by atoms with Crippen LogP contribution in [0.3, 0.4) is 0 Å². The highest BCUT2D eigenvalue weighted by Crippen LogP contribution is 2.30. The minimum Gasteiger partial charge on any atom is -0.459 e. The van der Waals surface area contributed by atoms with Crippen LogP contribution in [0.5, 0.6) is 0 Å². The van der Waals surface area contributed by atoms with Crippen molar-refractivity contribution in [3.05, 3.63) is 69.3 Å². The third-order valence-corrected chi connectivity index (χ3v) is 5.57. The smallest absolute Gasteiger partial charge is 0.293 e. The highest BCUT2D eigenvalue weighted by Gasteiger charge is 2.23. The van der Waals surface area contributed by atoms with Crippen molar-refractivity contribution in [1.29, 1.82) is 0 Å². The monoisotopic (exact) mass is 391 g/mol. The molecule has 0 saturated carbocycles.